The molecule has 0 heterocycles. The Morgan fingerprint density at radius 1 is 1.37 bits per heavy atom. The van der Waals surface area contributed by atoms with Crippen LogP contribution in [0.15, 0.2) is 24.3 Å². The monoisotopic (exact) mass is 266 g/mol. The summed E-state index contributed by atoms with van der Waals surface area (Å²) in [6.07, 6.45) is 2.95. The number of nitrogens with zero attached hydrogens (tertiary/aromatic N) is 1. The number of benzene rings is 1. The van der Waals surface area contributed by atoms with Gasteiger partial charge in [0.2, 0.25) is 0 Å². The summed E-state index contributed by atoms with van der Waals surface area (Å²) in [5.74, 6) is 0. The Hall–Kier alpha value is -1.46. The van der Waals surface area contributed by atoms with E-state index in [1.807, 2.05) is 12.1 Å². The normalized spacial score (nSPS) is 12.3. The van der Waals surface area contributed by atoms with Crippen molar-refractivity contribution in [3.8, 4) is 0 Å². The SMILES string of the molecule is CCCNC(CCc1ccc([N+](=O)[O-])cc1)COC. The van der Waals surface area contributed by atoms with E-state index in [2.05, 4.69) is 12.2 Å². The number of ether oxygens (including phenoxy) is 1. The van der Waals surface area contributed by atoms with E-state index < -0.39 is 0 Å². The highest BCUT2D eigenvalue weighted by Gasteiger charge is 2.08. The van der Waals surface area contributed by atoms with Crippen LogP contribution < -0.4 is 5.32 Å². The second kappa shape index (κ2) is 8.61. The van der Waals surface area contributed by atoms with Gasteiger partial charge in [0.15, 0.2) is 0 Å². The molecule has 1 rings (SSSR count). The fraction of sp³-hybridized carbons (Fsp3) is 0.571. The molecule has 0 saturated carbocycles. The molecule has 0 spiro atoms. The molecule has 1 N–H and O–H groups in total. The van der Waals surface area contributed by atoms with E-state index in [1.54, 1.807) is 19.2 Å². The van der Waals surface area contributed by atoms with Crippen molar-refractivity contribution in [1.29, 1.82) is 0 Å². The third-order valence-corrected chi connectivity index (χ3v) is 2.98. The highest BCUT2D eigenvalue weighted by molar-refractivity contribution is 5.32. The largest absolute Gasteiger partial charge is 0.383 e. The van der Waals surface area contributed by atoms with Crippen LogP contribution in [0.4, 0.5) is 5.69 Å². The molecule has 1 aromatic carbocycles. The fourth-order valence-corrected chi connectivity index (χ4v) is 1.92. The maximum Gasteiger partial charge on any atom is 0.269 e. The van der Waals surface area contributed by atoms with Crippen molar-refractivity contribution in [3.63, 3.8) is 0 Å². The van der Waals surface area contributed by atoms with Crippen molar-refractivity contribution in [2.45, 2.75) is 32.2 Å². The summed E-state index contributed by atoms with van der Waals surface area (Å²) in [6, 6.07) is 7.09. The van der Waals surface area contributed by atoms with Crippen LogP contribution in [-0.4, -0.2) is 31.2 Å². The van der Waals surface area contributed by atoms with Gasteiger partial charge < -0.3 is 10.1 Å². The highest BCUT2D eigenvalue weighted by atomic mass is 16.6. The first-order valence-corrected chi connectivity index (χ1v) is 6.63. The molecule has 0 saturated heterocycles. The summed E-state index contributed by atoms with van der Waals surface area (Å²) in [4.78, 5) is 10.2. The number of nitrogens with one attached hydrogen (secondary N) is 1. The second-order valence-corrected chi connectivity index (χ2v) is 4.57. The lowest BCUT2D eigenvalue weighted by molar-refractivity contribution is -0.384. The molecule has 19 heavy (non-hydrogen) atoms. The van der Waals surface area contributed by atoms with Crippen molar-refractivity contribution in [2.24, 2.45) is 0 Å². The standard InChI is InChI=1S/C14H22N2O3/c1-3-10-15-13(11-19-2)7-4-12-5-8-14(9-6-12)16(17)18/h5-6,8-9,13,15H,3-4,7,10-11H2,1-2H3. The maximum atomic E-state index is 10.6. The van der Waals surface area contributed by atoms with E-state index in [0.29, 0.717) is 12.6 Å². The first kappa shape index (κ1) is 15.6. The van der Waals surface area contributed by atoms with Crippen LogP contribution >= 0.6 is 0 Å². The Morgan fingerprint density at radius 2 is 2.05 bits per heavy atom. The molecule has 1 atom stereocenters. The number of aryl methyl sites for hydroxylation is 1. The van der Waals surface area contributed by atoms with Gasteiger partial charge in [0, 0.05) is 25.3 Å². The van der Waals surface area contributed by atoms with Gasteiger partial charge in [0.05, 0.1) is 11.5 Å². The Bertz CT molecular complexity index is 379. The maximum absolute atomic E-state index is 10.6. The molecule has 106 valence electrons. The molecule has 0 aliphatic rings. The predicted molar refractivity (Wildman–Crippen MR) is 75.4 cm³/mol. The average Bonchev–Trinajstić information content (AvgIpc) is 2.42. The summed E-state index contributed by atoms with van der Waals surface area (Å²) in [5.41, 5.74) is 1.26. The van der Waals surface area contributed by atoms with Gasteiger partial charge in [-0.05, 0) is 31.4 Å². The van der Waals surface area contributed by atoms with Gasteiger partial charge in [0.25, 0.3) is 5.69 Å². The molecule has 0 aliphatic carbocycles. The van der Waals surface area contributed by atoms with Gasteiger partial charge in [-0.15, -0.1) is 0 Å². The van der Waals surface area contributed by atoms with E-state index in [1.165, 1.54) is 0 Å². The lowest BCUT2D eigenvalue weighted by atomic mass is 10.1. The molecule has 0 amide bonds. The Morgan fingerprint density at radius 3 is 2.58 bits per heavy atom. The second-order valence-electron chi connectivity index (χ2n) is 4.57. The minimum atomic E-state index is -0.375. The van der Waals surface area contributed by atoms with Crippen molar-refractivity contribution in [2.75, 3.05) is 20.3 Å². The van der Waals surface area contributed by atoms with E-state index in [0.717, 1.165) is 31.4 Å². The van der Waals surface area contributed by atoms with E-state index >= 15 is 0 Å². The van der Waals surface area contributed by atoms with Gasteiger partial charge in [-0.2, -0.15) is 0 Å². The lowest BCUT2D eigenvalue weighted by Gasteiger charge is -2.17. The quantitative estimate of drug-likeness (QED) is 0.551. The van der Waals surface area contributed by atoms with Crippen LogP contribution in [0.1, 0.15) is 25.3 Å². The van der Waals surface area contributed by atoms with Crippen molar-refractivity contribution >= 4 is 5.69 Å². The van der Waals surface area contributed by atoms with E-state index in [4.69, 9.17) is 4.74 Å². The minimum Gasteiger partial charge on any atom is -0.383 e. The van der Waals surface area contributed by atoms with Gasteiger partial charge in [-0.25, -0.2) is 0 Å². The highest BCUT2D eigenvalue weighted by Crippen LogP contribution is 2.13. The van der Waals surface area contributed by atoms with E-state index in [9.17, 15) is 10.1 Å². The molecular weight excluding hydrogens is 244 g/mol. The molecule has 0 fully saturated rings. The summed E-state index contributed by atoms with van der Waals surface area (Å²) >= 11 is 0. The lowest BCUT2D eigenvalue weighted by Crippen LogP contribution is -2.34. The molecular formula is C14H22N2O3. The zero-order valence-corrected chi connectivity index (χ0v) is 11.6. The van der Waals surface area contributed by atoms with E-state index in [-0.39, 0.29) is 10.6 Å². The van der Waals surface area contributed by atoms with Gasteiger partial charge in [-0.1, -0.05) is 19.1 Å². The molecule has 0 aromatic heterocycles. The first-order valence-electron chi connectivity index (χ1n) is 6.63. The average molecular weight is 266 g/mol. The van der Waals surface area contributed by atoms with Crippen molar-refractivity contribution in [3.05, 3.63) is 39.9 Å². The number of nitro benzene ring substituents is 1. The number of hydrogen-bond acceptors (Lipinski definition) is 4. The third kappa shape index (κ3) is 5.81. The smallest absolute Gasteiger partial charge is 0.269 e. The third-order valence-electron chi connectivity index (χ3n) is 2.98. The summed E-state index contributed by atoms with van der Waals surface area (Å²) in [7, 11) is 1.70. The first-order chi connectivity index (χ1) is 9.17. The van der Waals surface area contributed by atoms with Gasteiger partial charge in [-0.3, -0.25) is 10.1 Å². The molecule has 1 aromatic rings. The van der Waals surface area contributed by atoms with Crippen LogP contribution in [0, 0.1) is 10.1 Å². The van der Waals surface area contributed by atoms with Crippen LogP contribution in [0.2, 0.25) is 0 Å². The number of methoxy groups -OCH3 is 1. The Kier molecular flexibility index (Phi) is 7.07. The van der Waals surface area contributed by atoms with Gasteiger partial charge >= 0.3 is 0 Å². The topological polar surface area (TPSA) is 64.4 Å². The Labute approximate surface area is 114 Å². The predicted octanol–water partition coefficient (Wildman–Crippen LogP) is 2.54. The molecule has 0 bridgehead atoms. The van der Waals surface area contributed by atoms with Crippen molar-refractivity contribution < 1.29 is 9.66 Å². The molecule has 0 aliphatic heterocycles. The summed E-state index contributed by atoms with van der Waals surface area (Å²) in [5, 5.41) is 14.0. The number of non-ortho nitro benzene ring substituents is 1. The fourth-order valence-electron chi connectivity index (χ4n) is 1.92. The molecule has 5 heteroatoms. The van der Waals surface area contributed by atoms with Crippen molar-refractivity contribution in [1.82, 2.24) is 5.32 Å². The molecule has 0 radical (unpaired) electrons. The molecule has 1 unspecified atom stereocenters. The van der Waals surface area contributed by atoms with Crippen LogP contribution in [0.3, 0.4) is 0 Å². The minimum absolute atomic E-state index is 0.140. The number of nitro groups is 1. The van der Waals surface area contributed by atoms with Gasteiger partial charge in [0.1, 0.15) is 0 Å². The Balaban J connectivity index is 2.46. The summed E-state index contributed by atoms with van der Waals surface area (Å²) < 4.78 is 5.19. The number of rotatable bonds is 9. The zero-order valence-electron chi connectivity index (χ0n) is 11.6. The van der Waals surface area contributed by atoms with Crippen LogP contribution in [0.5, 0.6) is 0 Å². The molecule has 5 nitrogen and oxygen atoms in total. The van der Waals surface area contributed by atoms with Crippen LogP contribution in [-0.2, 0) is 11.2 Å². The summed E-state index contributed by atoms with van der Waals surface area (Å²) in [6.45, 7) is 3.80. The van der Waals surface area contributed by atoms with Crippen LogP contribution in [0.25, 0.3) is 0 Å². The number of hydrogen-bond donors (Lipinski definition) is 1. The zero-order chi connectivity index (χ0) is 14.1.